The molecule has 1 fully saturated rings. The maximum Gasteiger partial charge on any atom is 0.410 e. The molecule has 2 heterocycles. The Morgan fingerprint density at radius 3 is 2.83 bits per heavy atom. The number of fused-ring (bicyclic) bond motifs is 1. The molecule has 5 nitrogen and oxygen atoms in total. The summed E-state index contributed by atoms with van der Waals surface area (Å²) in [6.07, 6.45) is 1.82. The number of rotatable bonds is 1. The minimum Gasteiger partial charge on any atom is -0.444 e. The molecule has 24 heavy (non-hydrogen) atoms. The lowest BCUT2D eigenvalue weighted by Gasteiger charge is -2.37. The summed E-state index contributed by atoms with van der Waals surface area (Å²) >= 11 is 6.13. The Labute approximate surface area is 147 Å². The number of nitrogens with zero attached hydrogens (tertiary/aromatic N) is 2. The van der Waals surface area contributed by atoms with E-state index in [2.05, 4.69) is 16.1 Å². The molecule has 0 saturated carbocycles. The molecule has 1 aliphatic heterocycles. The zero-order valence-electron chi connectivity index (χ0n) is 14.6. The van der Waals surface area contributed by atoms with E-state index in [-0.39, 0.29) is 12.1 Å². The SMILES string of the molecule is Cn1cc(C2CNCCN2C(=O)OC(C)(C)C)c2ccc(Cl)cc21. The molecule has 1 aliphatic rings. The number of hydrogen-bond donors (Lipinski definition) is 1. The fourth-order valence-electron chi connectivity index (χ4n) is 3.18. The van der Waals surface area contributed by atoms with Crippen LogP contribution in [0.4, 0.5) is 4.79 Å². The van der Waals surface area contributed by atoms with Gasteiger partial charge in [-0.15, -0.1) is 0 Å². The molecule has 6 heteroatoms. The van der Waals surface area contributed by atoms with Gasteiger partial charge in [0.2, 0.25) is 0 Å². The van der Waals surface area contributed by atoms with E-state index in [4.69, 9.17) is 16.3 Å². The van der Waals surface area contributed by atoms with Gasteiger partial charge in [0.1, 0.15) is 5.60 Å². The van der Waals surface area contributed by atoms with Crippen LogP contribution < -0.4 is 5.32 Å². The first-order valence-electron chi connectivity index (χ1n) is 8.21. The maximum absolute atomic E-state index is 12.6. The second-order valence-electron chi connectivity index (χ2n) is 7.25. The van der Waals surface area contributed by atoms with Crippen LogP contribution in [0, 0.1) is 0 Å². The Bertz CT molecular complexity index is 763. The van der Waals surface area contributed by atoms with Crippen molar-refractivity contribution in [2.75, 3.05) is 19.6 Å². The number of halogens is 1. The number of piperazine rings is 1. The smallest absolute Gasteiger partial charge is 0.410 e. The number of ether oxygens (including phenoxy) is 1. The molecule has 2 aromatic rings. The molecule has 0 spiro atoms. The normalized spacial score (nSPS) is 18.9. The predicted octanol–water partition coefficient (Wildman–Crippen LogP) is 3.71. The molecule has 0 radical (unpaired) electrons. The zero-order valence-corrected chi connectivity index (χ0v) is 15.4. The molecule has 1 aromatic heterocycles. The fourth-order valence-corrected chi connectivity index (χ4v) is 3.34. The minimum atomic E-state index is -0.501. The van der Waals surface area contributed by atoms with Gasteiger partial charge in [0.25, 0.3) is 0 Å². The summed E-state index contributed by atoms with van der Waals surface area (Å²) in [7, 11) is 2.00. The Balaban J connectivity index is 1.98. The largest absolute Gasteiger partial charge is 0.444 e. The molecule has 0 aliphatic carbocycles. The maximum atomic E-state index is 12.6. The highest BCUT2D eigenvalue weighted by atomic mass is 35.5. The van der Waals surface area contributed by atoms with Crippen LogP contribution in [0.25, 0.3) is 10.9 Å². The van der Waals surface area contributed by atoms with E-state index < -0.39 is 5.60 Å². The summed E-state index contributed by atoms with van der Waals surface area (Å²) in [5.74, 6) is 0. The lowest BCUT2D eigenvalue weighted by molar-refractivity contribution is 0.0119. The highest BCUT2D eigenvalue weighted by Crippen LogP contribution is 2.32. The van der Waals surface area contributed by atoms with Crippen LogP contribution in [0.1, 0.15) is 32.4 Å². The molecule has 3 rings (SSSR count). The molecular formula is C18H24ClN3O2. The van der Waals surface area contributed by atoms with Gasteiger partial charge in [0, 0.05) is 54.4 Å². The van der Waals surface area contributed by atoms with Crippen LogP contribution in [-0.4, -0.2) is 40.8 Å². The van der Waals surface area contributed by atoms with Crippen molar-refractivity contribution in [3.05, 3.63) is 35.0 Å². The van der Waals surface area contributed by atoms with Gasteiger partial charge in [-0.1, -0.05) is 17.7 Å². The molecule has 1 unspecified atom stereocenters. The van der Waals surface area contributed by atoms with Crippen LogP contribution in [0.2, 0.25) is 5.02 Å². The second-order valence-corrected chi connectivity index (χ2v) is 7.69. The van der Waals surface area contributed by atoms with Crippen LogP contribution in [-0.2, 0) is 11.8 Å². The monoisotopic (exact) mass is 349 g/mol. The zero-order chi connectivity index (χ0) is 17.5. The minimum absolute atomic E-state index is 0.0570. The summed E-state index contributed by atoms with van der Waals surface area (Å²) in [5, 5.41) is 5.21. The third-order valence-electron chi connectivity index (χ3n) is 4.21. The molecule has 1 amide bonds. The topological polar surface area (TPSA) is 46.5 Å². The third kappa shape index (κ3) is 3.37. The highest BCUT2D eigenvalue weighted by Gasteiger charge is 2.33. The number of benzene rings is 1. The number of carbonyl (C=O) groups excluding carboxylic acids is 1. The number of aromatic nitrogens is 1. The lowest BCUT2D eigenvalue weighted by Crippen LogP contribution is -2.50. The number of aryl methyl sites for hydroxylation is 1. The van der Waals surface area contributed by atoms with Gasteiger partial charge in [-0.2, -0.15) is 0 Å². The van der Waals surface area contributed by atoms with Crippen molar-refractivity contribution in [2.24, 2.45) is 7.05 Å². The number of carbonyl (C=O) groups is 1. The molecule has 130 valence electrons. The van der Waals surface area contributed by atoms with Gasteiger partial charge in [0.15, 0.2) is 0 Å². The van der Waals surface area contributed by atoms with Crippen LogP contribution in [0.5, 0.6) is 0 Å². The van der Waals surface area contributed by atoms with Gasteiger partial charge in [-0.3, -0.25) is 4.90 Å². The molecule has 1 aromatic carbocycles. The Morgan fingerprint density at radius 2 is 2.12 bits per heavy atom. The van der Waals surface area contributed by atoms with E-state index in [1.165, 1.54) is 0 Å². The summed E-state index contributed by atoms with van der Waals surface area (Å²) < 4.78 is 7.65. The second kappa shape index (κ2) is 6.30. The molecule has 1 atom stereocenters. The van der Waals surface area contributed by atoms with Crippen molar-refractivity contribution < 1.29 is 9.53 Å². The van der Waals surface area contributed by atoms with Gasteiger partial charge < -0.3 is 14.6 Å². The Hall–Kier alpha value is -1.72. The third-order valence-corrected chi connectivity index (χ3v) is 4.45. The van der Waals surface area contributed by atoms with Crippen molar-refractivity contribution >= 4 is 28.6 Å². The molecule has 1 saturated heterocycles. The van der Waals surface area contributed by atoms with Crippen LogP contribution >= 0.6 is 11.6 Å². The van der Waals surface area contributed by atoms with E-state index in [0.29, 0.717) is 18.1 Å². The molecule has 1 N–H and O–H groups in total. The first-order chi connectivity index (χ1) is 11.3. The van der Waals surface area contributed by atoms with Crippen molar-refractivity contribution in [1.82, 2.24) is 14.8 Å². The Morgan fingerprint density at radius 1 is 1.38 bits per heavy atom. The summed E-state index contributed by atoms with van der Waals surface area (Å²) in [5.41, 5.74) is 1.67. The highest BCUT2D eigenvalue weighted by molar-refractivity contribution is 6.31. The van der Waals surface area contributed by atoms with Gasteiger partial charge in [-0.25, -0.2) is 4.79 Å². The van der Waals surface area contributed by atoms with Gasteiger partial charge in [0.05, 0.1) is 6.04 Å². The van der Waals surface area contributed by atoms with Crippen molar-refractivity contribution in [3.8, 4) is 0 Å². The first-order valence-corrected chi connectivity index (χ1v) is 8.59. The predicted molar refractivity (Wildman–Crippen MR) is 96.5 cm³/mol. The van der Waals surface area contributed by atoms with E-state index in [0.717, 1.165) is 23.0 Å². The fraction of sp³-hybridized carbons (Fsp3) is 0.500. The standard InChI is InChI=1S/C18H24ClN3O2/c1-18(2,3)24-17(23)22-8-7-20-10-16(22)14-11-21(4)15-9-12(19)5-6-13(14)15/h5-6,9,11,16,20H,7-8,10H2,1-4H3. The van der Waals surface area contributed by atoms with Crippen molar-refractivity contribution in [1.29, 1.82) is 0 Å². The quantitative estimate of drug-likeness (QED) is 0.853. The van der Waals surface area contributed by atoms with E-state index in [9.17, 15) is 4.79 Å². The van der Waals surface area contributed by atoms with Gasteiger partial charge in [-0.05, 0) is 32.9 Å². The van der Waals surface area contributed by atoms with E-state index >= 15 is 0 Å². The van der Waals surface area contributed by atoms with E-state index in [1.807, 2.05) is 50.9 Å². The van der Waals surface area contributed by atoms with Crippen molar-refractivity contribution in [3.63, 3.8) is 0 Å². The number of nitrogens with one attached hydrogen (secondary N) is 1. The number of hydrogen-bond acceptors (Lipinski definition) is 3. The average molecular weight is 350 g/mol. The van der Waals surface area contributed by atoms with E-state index in [1.54, 1.807) is 0 Å². The molecule has 0 bridgehead atoms. The van der Waals surface area contributed by atoms with Gasteiger partial charge >= 0.3 is 6.09 Å². The lowest BCUT2D eigenvalue weighted by atomic mass is 10.0. The summed E-state index contributed by atoms with van der Waals surface area (Å²) in [6, 6.07) is 5.81. The van der Waals surface area contributed by atoms with Crippen LogP contribution in [0.3, 0.4) is 0 Å². The van der Waals surface area contributed by atoms with Crippen LogP contribution in [0.15, 0.2) is 24.4 Å². The first kappa shape index (κ1) is 17.1. The molecular weight excluding hydrogens is 326 g/mol. The number of amides is 1. The average Bonchev–Trinajstić information content (AvgIpc) is 2.82. The Kier molecular flexibility index (Phi) is 4.49. The summed E-state index contributed by atoms with van der Waals surface area (Å²) in [6.45, 7) is 7.78. The summed E-state index contributed by atoms with van der Waals surface area (Å²) in [4.78, 5) is 14.5. The van der Waals surface area contributed by atoms with Crippen molar-refractivity contribution in [2.45, 2.75) is 32.4 Å².